The highest BCUT2D eigenvalue weighted by molar-refractivity contribution is 7.92. The van der Waals surface area contributed by atoms with E-state index in [1.165, 1.54) is 55.5 Å². The Kier molecular flexibility index (Phi) is 6.13. The van der Waals surface area contributed by atoms with Crippen molar-refractivity contribution in [3.8, 4) is 5.75 Å². The number of carbonyl (C=O) groups is 1. The number of hydrazine groups is 1. The van der Waals surface area contributed by atoms with Crippen LogP contribution in [0.4, 0.5) is 0 Å². The van der Waals surface area contributed by atoms with Gasteiger partial charge in [-0.25, -0.2) is 16.8 Å². The van der Waals surface area contributed by atoms with Crippen molar-refractivity contribution in [1.82, 2.24) is 9.66 Å². The van der Waals surface area contributed by atoms with E-state index in [2.05, 4.69) is 0 Å². The first-order chi connectivity index (χ1) is 12.2. The van der Waals surface area contributed by atoms with Gasteiger partial charge in [-0.05, 0) is 50.2 Å². The van der Waals surface area contributed by atoms with Gasteiger partial charge in [0.25, 0.3) is 20.0 Å². The van der Waals surface area contributed by atoms with Gasteiger partial charge in [0, 0.05) is 5.56 Å². The summed E-state index contributed by atoms with van der Waals surface area (Å²) in [5.74, 6) is 0.288. The number of benzene rings is 2. The number of sulfonamides is 2. The normalized spacial score (nSPS) is 11.9. The molecule has 2 N–H and O–H groups in total. The van der Waals surface area contributed by atoms with Crippen LogP contribution in [0.1, 0.15) is 24.2 Å². The van der Waals surface area contributed by atoms with E-state index in [1.807, 2.05) is 9.66 Å². The van der Waals surface area contributed by atoms with Crippen molar-refractivity contribution >= 4 is 25.8 Å². The summed E-state index contributed by atoms with van der Waals surface area (Å²) in [4.78, 5) is 14.6. The van der Waals surface area contributed by atoms with Gasteiger partial charge in [0.1, 0.15) is 5.75 Å². The molecule has 0 aliphatic rings. The minimum absolute atomic E-state index is 0.129. The molecule has 0 fully saturated rings. The molecular weight excluding hydrogens is 380 g/mol. The number of rotatable bonds is 8. The molecule has 8 nitrogen and oxygen atoms in total. The van der Waals surface area contributed by atoms with E-state index in [1.54, 1.807) is 6.92 Å². The van der Waals surface area contributed by atoms with Gasteiger partial charge in [0.15, 0.2) is 5.78 Å². The van der Waals surface area contributed by atoms with Crippen molar-refractivity contribution in [3.05, 3.63) is 54.1 Å². The molecule has 0 aromatic heterocycles. The van der Waals surface area contributed by atoms with Crippen LogP contribution in [0.15, 0.2) is 58.3 Å². The standard InChI is InChI=1S/C16H18N2O6S2/c1-3-24-14-6-10-16(11-7-14)26(22,23)18-17-25(20,21)15-8-4-13(5-9-15)12(2)19/h4-11,17-18H,3H2,1-2H3. The van der Waals surface area contributed by atoms with Crippen LogP contribution >= 0.6 is 0 Å². The van der Waals surface area contributed by atoms with E-state index in [-0.39, 0.29) is 15.6 Å². The van der Waals surface area contributed by atoms with Crippen LogP contribution in [0.3, 0.4) is 0 Å². The molecule has 0 unspecified atom stereocenters. The van der Waals surface area contributed by atoms with Crippen LogP contribution in [-0.2, 0) is 20.0 Å². The number of hydrogen-bond donors (Lipinski definition) is 2. The smallest absolute Gasteiger partial charge is 0.254 e. The predicted octanol–water partition coefficient (Wildman–Crippen LogP) is 1.46. The summed E-state index contributed by atoms with van der Waals surface area (Å²) in [5, 5.41) is 0. The SMILES string of the molecule is CCOc1ccc(S(=O)(=O)NNS(=O)(=O)c2ccc(C(C)=O)cc2)cc1. The van der Waals surface area contributed by atoms with Crippen LogP contribution in [0.2, 0.25) is 0 Å². The Morgan fingerprint density at radius 1 is 0.846 bits per heavy atom. The Morgan fingerprint density at radius 3 is 1.65 bits per heavy atom. The third kappa shape index (κ3) is 4.88. The summed E-state index contributed by atoms with van der Waals surface area (Å²) in [7, 11) is -8.24. The number of carbonyl (C=O) groups excluding carboxylic acids is 1. The highest BCUT2D eigenvalue weighted by Gasteiger charge is 2.20. The summed E-state index contributed by atoms with van der Waals surface area (Å²) in [6, 6.07) is 10.6. The molecule has 0 heterocycles. The lowest BCUT2D eigenvalue weighted by molar-refractivity contribution is 0.101. The van der Waals surface area contributed by atoms with Crippen LogP contribution in [0, 0.1) is 0 Å². The van der Waals surface area contributed by atoms with Gasteiger partial charge in [-0.1, -0.05) is 12.1 Å². The molecule has 2 rings (SSSR count). The van der Waals surface area contributed by atoms with E-state index < -0.39 is 20.0 Å². The molecule has 2 aromatic rings. The maximum absolute atomic E-state index is 12.2. The minimum Gasteiger partial charge on any atom is -0.494 e. The summed E-state index contributed by atoms with van der Waals surface area (Å²) in [6.07, 6.45) is 0. The second-order valence-corrected chi connectivity index (χ2v) is 8.56. The first kappa shape index (κ1) is 20.0. The highest BCUT2D eigenvalue weighted by atomic mass is 32.2. The lowest BCUT2D eigenvalue weighted by atomic mass is 10.2. The lowest BCUT2D eigenvalue weighted by Gasteiger charge is -2.10. The van der Waals surface area contributed by atoms with E-state index in [4.69, 9.17) is 4.74 Å². The topological polar surface area (TPSA) is 119 Å². The van der Waals surface area contributed by atoms with Crippen molar-refractivity contribution in [2.45, 2.75) is 23.6 Å². The molecule has 0 aliphatic heterocycles. The molecular formula is C16H18N2O6S2. The van der Waals surface area contributed by atoms with Crippen molar-refractivity contribution < 1.29 is 26.4 Å². The minimum atomic E-state index is -4.14. The van der Waals surface area contributed by atoms with Gasteiger partial charge in [0.05, 0.1) is 16.4 Å². The zero-order valence-corrected chi connectivity index (χ0v) is 15.7. The second-order valence-electron chi connectivity index (χ2n) is 5.20. The fourth-order valence-electron chi connectivity index (χ4n) is 1.98. The first-order valence-electron chi connectivity index (χ1n) is 7.53. The Labute approximate surface area is 152 Å². The van der Waals surface area contributed by atoms with Gasteiger partial charge in [-0.3, -0.25) is 4.79 Å². The zero-order chi connectivity index (χ0) is 19.4. The van der Waals surface area contributed by atoms with E-state index >= 15 is 0 Å². The molecule has 0 aliphatic carbocycles. The van der Waals surface area contributed by atoms with Gasteiger partial charge in [-0.15, -0.1) is 9.66 Å². The third-order valence-electron chi connectivity index (χ3n) is 3.33. The average Bonchev–Trinajstić information content (AvgIpc) is 2.61. The van der Waals surface area contributed by atoms with Crippen molar-refractivity contribution in [2.24, 2.45) is 0 Å². The zero-order valence-electron chi connectivity index (χ0n) is 14.1. The van der Waals surface area contributed by atoms with Crippen LogP contribution in [-0.4, -0.2) is 29.2 Å². The second kappa shape index (κ2) is 7.96. The fourth-order valence-corrected chi connectivity index (χ4v) is 4.08. The quantitative estimate of drug-likeness (QED) is 0.513. The van der Waals surface area contributed by atoms with Crippen LogP contribution in [0.5, 0.6) is 5.75 Å². The molecule has 2 aromatic carbocycles. The maximum Gasteiger partial charge on any atom is 0.254 e. The first-order valence-corrected chi connectivity index (χ1v) is 10.5. The molecule has 0 amide bonds. The van der Waals surface area contributed by atoms with Crippen molar-refractivity contribution in [2.75, 3.05) is 6.61 Å². The molecule has 0 bridgehead atoms. The Balaban J connectivity index is 2.13. The monoisotopic (exact) mass is 398 g/mol. The van der Waals surface area contributed by atoms with Crippen molar-refractivity contribution in [1.29, 1.82) is 0 Å². The predicted molar refractivity (Wildman–Crippen MR) is 94.7 cm³/mol. The summed E-state index contributed by atoms with van der Waals surface area (Å²) < 4.78 is 54.0. The molecule has 0 spiro atoms. The molecule has 0 radical (unpaired) electrons. The number of ketones is 1. The Hall–Kier alpha value is -2.27. The molecule has 0 saturated heterocycles. The van der Waals surface area contributed by atoms with Crippen LogP contribution < -0.4 is 14.4 Å². The molecule has 26 heavy (non-hydrogen) atoms. The summed E-state index contributed by atoms with van der Waals surface area (Å²) in [5.41, 5.74) is 0.346. The van der Waals surface area contributed by atoms with E-state index in [0.717, 1.165) is 0 Å². The summed E-state index contributed by atoms with van der Waals surface area (Å²) in [6.45, 7) is 3.59. The van der Waals surface area contributed by atoms with Gasteiger partial charge < -0.3 is 4.74 Å². The molecule has 0 atom stereocenters. The van der Waals surface area contributed by atoms with E-state index in [9.17, 15) is 21.6 Å². The number of hydrogen-bond acceptors (Lipinski definition) is 6. The number of ether oxygens (including phenoxy) is 1. The largest absolute Gasteiger partial charge is 0.494 e. The number of nitrogens with one attached hydrogen (secondary N) is 2. The van der Waals surface area contributed by atoms with Gasteiger partial charge in [0.2, 0.25) is 0 Å². The van der Waals surface area contributed by atoms with Crippen LogP contribution in [0.25, 0.3) is 0 Å². The van der Waals surface area contributed by atoms with Crippen molar-refractivity contribution in [3.63, 3.8) is 0 Å². The molecule has 10 heteroatoms. The average molecular weight is 398 g/mol. The highest BCUT2D eigenvalue weighted by Crippen LogP contribution is 2.16. The fraction of sp³-hybridized carbons (Fsp3) is 0.188. The van der Waals surface area contributed by atoms with Gasteiger partial charge >= 0.3 is 0 Å². The van der Waals surface area contributed by atoms with E-state index in [0.29, 0.717) is 17.9 Å². The summed E-state index contributed by atoms with van der Waals surface area (Å²) >= 11 is 0. The third-order valence-corrected chi connectivity index (χ3v) is 5.98. The molecule has 0 saturated carbocycles. The Morgan fingerprint density at radius 2 is 1.27 bits per heavy atom. The Bertz CT molecular complexity index is 982. The van der Waals surface area contributed by atoms with Gasteiger partial charge in [-0.2, -0.15) is 0 Å². The molecule has 140 valence electrons. The lowest BCUT2D eigenvalue weighted by Crippen LogP contribution is -2.41. The maximum atomic E-state index is 12.2. The number of Topliss-reactive ketones (excluding diaryl/α,β-unsaturated/α-hetero) is 1.